The molecule has 2 saturated heterocycles. The number of fused-ring (bicyclic) bond motifs is 1. The minimum Gasteiger partial charge on any atom is -0.353 e. The average molecular weight is 206 g/mol. The minimum absolute atomic E-state index is 0.230. The summed E-state index contributed by atoms with van der Waals surface area (Å²) in [7, 11) is 0. The van der Waals surface area contributed by atoms with Gasteiger partial charge < -0.3 is 10.2 Å². The normalized spacial score (nSPS) is 31.5. The fraction of sp³-hybridized carbons (Fsp3) is 0.750. The standard InChI is InChI=1S/C12H18N2O/c1-2-3-7-14-8-6-11-10(9-14)4-5-12(15)13-11/h1,10-11H,3-9H2,(H,13,15). The highest BCUT2D eigenvalue weighted by molar-refractivity contribution is 5.77. The molecule has 2 aliphatic heterocycles. The van der Waals surface area contributed by atoms with Gasteiger partial charge in [-0.2, -0.15) is 0 Å². The molecule has 0 aromatic rings. The van der Waals surface area contributed by atoms with Crippen LogP contribution >= 0.6 is 0 Å². The molecule has 0 aliphatic carbocycles. The van der Waals surface area contributed by atoms with E-state index >= 15 is 0 Å². The average Bonchev–Trinajstić information content (AvgIpc) is 2.26. The van der Waals surface area contributed by atoms with Crippen molar-refractivity contribution in [1.82, 2.24) is 10.2 Å². The Bertz CT molecular complexity index is 282. The number of carbonyl (C=O) groups excluding carboxylic acids is 1. The highest BCUT2D eigenvalue weighted by Crippen LogP contribution is 2.25. The third kappa shape index (κ3) is 2.51. The van der Waals surface area contributed by atoms with Crippen LogP contribution in [-0.2, 0) is 4.79 Å². The van der Waals surface area contributed by atoms with Gasteiger partial charge in [0.25, 0.3) is 0 Å². The highest BCUT2D eigenvalue weighted by atomic mass is 16.1. The highest BCUT2D eigenvalue weighted by Gasteiger charge is 2.33. The maximum absolute atomic E-state index is 11.2. The SMILES string of the molecule is C#CCCN1CCC2NC(=O)CCC2C1. The van der Waals surface area contributed by atoms with Gasteiger partial charge in [0.1, 0.15) is 0 Å². The van der Waals surface area contributed by atoms with Crippen molar-refractivity contribution in [3.63, 3.8) is 0 Å². The molecule has 1 amide bonds. The van der Waals surface area contributed by atoms with Crippen LogP contribution in [0.25, 0.3) is 0 Å². The summed E-state index contributed by atoms with van der Waals surface area (Å²) in [5, 5.41) is 3.09. The zero-order valence-electron chi connectivity index (χ0n) is 9.04. The Hall–Kier alpha value is -1.01. The minimum atomic E-state index is 0.230. The number of nitrogens with one attached hydrogen (secondary N) is 1. The Kier molecular flexibility index (Phi) is 3.27. The van der Waals surface area contributed by atoms with Gasteiger partial charge in [-0.15, -0.1) is 12.3 Å². The zero-order chi connectivity index (χ0) is 10.7. The third-order valence-electron chi connectivity index (χ3n) is 3.48. The lowest BCUT2D eigenvalue weighted by molar-refractivity contribution is -0.125. The number of amides is 1. The van der Waals surface area contributed by atoms with Crippen molar-refractivity contribution < 1.29 is 4.79 Å². The first-order valence-electron chi connectivity index (χ1n) is 5.75. The number of nitrogens with zero attached hydrogens (tertiary/aromatic N) is 1. The van der Waals surface area contributed by atoms with Gasteiger partial charge in [-0.05, 0) is 18.8 Å². The van der Waals surface area contributed by atoms with Gasteiger partial charge >= 0.3 is 0 Å². The van der Waals surface area contributed by atoms with E-state index in [1.807, 2.05) is 0 Å². The predicted molar refractivity (Wildman–Crippen MR) is 59.2 cm³/mol. The van der Waals surface area contributed by atoms with Crippen molar-refractivity contribution in [1.29, 1.82) is 0 Å². The Morgan fingerprint density at radius 1 is 1.53 bits per heavy atom. The van der Waals surface area contributed by atoms with Crippen molar-refractivity contribution in [2.75, 3.05) is 19.6 Å². The smallest absolute Gasteiger partial charge is 0.220 e. The summed E-state index contributed by atoms with van der Waals surface area (Å²) in [6.07, 6.45) is 8.93. The topological polar surface area (TPSA) is 32.3 Å². The van der Waals surface area contributed by atoms with Gasteiger partial charge in [-0.1, -0.05) is 0 Å². The maximum atomic E-state index is 11.2. The van der Waals surface area contributed by atoms with Gasteiger partial charge in [0, 0.05) is 38.5 Å². The summed E-state index contributed by atoms with van der Waals surface area (Å²) in [5.41, 5.74) is 0. The second-order valence-electron chi connectivity index (χ2n) is 4.52. The predicted octanol–water partition coefficient (Wildman–Crippen LogP) is 0.610. The van der Waals surface area contributed by atoms with Crippen LogP contribution in [0.3, 0.4) is 0 Å². The van der Waals surface area contributed by atoms with E-state index in [1.165, 1.54) is 0 Å². The van der Waals surface area contributed by atoms with Crippen molar-refractivity contribution in [2.45, 2.75) is 31.7 Å². The number of piperidine rings is 2. The van der Waals surface area contributed by atoms with Crippen LogP contribution in [0.1, 0.15) is 25.7 Å². The van der Waals surface area contributed by atoms with Gasteiger partial charge in [0.15, 0.2) is 0 Å². The van der Waals surface area contributed by atoms with Crippen molar-refractivity contribution >= 4 is 5.91 Å². The van der Waals surface area contributed by atoms with Gasteiger partial charge in [0.05, 0.1) is 0 Å². The van der Waals surface area contributed by atoms with Crippen molar-refractivity contribution in [3.05, 3.63) is 0 Å². The zero-order valence-corrected chi connectivity index (χ0v) is 9.04. The fourth-order valence-electron chi connectivity index (χ4n) is 2.61. The molecule has 82 valence electrons. The number of terminal acetylenes is 1. The summed E-state index contributed by atoms with van der Waals surface area (Å²) in [6, 6.07) is 0.424. The molecule has 0 aromatic carbocycles. The Labute approximate surface area is 91.2 Å². The van der Waals surface area contributed by atoms with Crippen LogP contribution in [0.4, 0.5) is 0 Å². The van der Waals surface area contributed by atoms with Crippen LogP contribution < -0.4 is 5.32 Å². The fourth-order valence-corrected chi connectivity index (χ4v) is 2.61. The molecule has 2 aliphatic rings. The number of hydrogen-bond acceptors (Lipinski definition) is 2. The summed E-state index contributed by atoms with van der Waals surface area (Å²) in [6.45, 7) is 3.18. The second-order valence-corrected chi connectivity index (χ2v) is 4.52. The van der Waals surface area contributed by atoms with E-state index in [4.69, 9.17) is 6.42 Å². The molecule has 0 saturated carbocycles. The third-order valence-corrected chi connectivity index (χ3v) is 3.48. The molecule has 2 heterocycles. The van der Waals surface area contributed by atoms with Gasteiger partial charge in [0.2, 0.25) is 5.91 Å². The van der Waals surface area contributed by atoms with E-state index in [1.54, 1.807) is 0 Å². The Morgan fingerprint density at radius 2 is 2.40 bits per heavy atom. The largest absolute Gasteiger partial charge is 0.353 e. The maximum Gasteiger partial charge on any atom is 0.220 e. The molecule has 2 rings (SSSR count). The number of likely N-dealkylation sites (tertiary alicyclic amines) is 1. The van der Waals surface area contributed by atoms with E-state index in [2.05, 4.69) is 16.1 Å². The number of rotatable bonds is 2. The molecule has 3 heteroatoms. The van der Waals surface area contributed by atoms with Crippen LogP contribution in [0.2, 0.25) is 0 Å². The monoisotopic (exact) mass is 206 g/mol. The molecule has 1 N–H and O–H groups in total. The van der Waals surface area contributed by atoms with Gasteiger partial charge in [-0.25, -0.2) is 0 Å². The molecular weight excluding hydrogens is 188 g/mol. The molecule has 15 heavy (non-hydrogen) atoms. The van der Waals surface area contributed by atoms with Crippen LogP contribution in [-0.4, -0.2) is 36.5 Å². The first-order chi connectivity index (χ1) is 7.29. The molecule has 2 fully saturated rings. The summed E-state index contributed by atoms with van der Waals surface area (Å²) in [4.78, 5) is 13.6. The van der Waals surface area contributed by atoms with E-state index in [0.717, 1.165) is 38.9 Å². The quantitative estimate of drug-likeness (QED) is 0.671. The van der Waals surface area contributed by atoms with Crippen LogP contribution in [0.15, 0.2) is 0 Å². The van der Waals surface area contributed by atoms with E-state index in [9.17, 15) is 4.79 Å². The Balaban J connectivity index is 1.84. The molecule has 0 radical (unpaired) electrons. The summed E-state index contributed by atoms with van der Waals surface area (Å²) in [5.74, 6) is 3.56. The second kappa shape index (κ2) is 4.67. The molecule has 3 nitrogen and oxygen atoms in total. The molecule has 0 bridgehead atoms. The van der Waals surface area contributed by atoms with Crippen molar-refractivity contribution in [3.8, 4) is 12.3 Å². The number of carbonyl (C=O) groups is 1. The van der Waals surface area contributed by atoms with Gasteiger partial charge in [-0.3, -0.25) is 4.79 Å². The molecule has 0 aromatic heterocycles. The first-order valence-corrected chi connectivity index (χ1v) is 5.75. The molecule has 2 atom stereocenters. The summed E-state index contributed by atoms with van der Waals surface area (Å²) >= 11 is 0. The molecule has 2 unspecified atom stereocenters. The van der Waals surface area contributed by atoms with E-state index in [-0.39, 0.29) is 5.91 Å². The molecule has 0 spiro atoms. The van der Waals surface area contributed by atoms with E-state index < -0.39 is 0 Å². The number of hydrogen-bond donors (Lipinski definition) is 1. The lowest BCUT2D eigenvalue weighted by atomic mass is 9.85. The van der Waals surface area contributed by atoms with Crippen LogP contribution in [0, 0.1) is 18.3 Å². The summed E-state index contributed by atoms with van der Waals surface area (Å²) < 4.78 is 0. The van der Waals surface area contributed by atoms with E-state index in [0.29, 0.717) is 18.4 Å². The molecular formula is C12H18N2O. The van der Waals surface area contributed by atoms with Crippen molar-refractivity contribution in [2.24, 2.45) is 5.92 Å². The lowest BCUT2D eigenvalue weighted by Gasteiger charge is -2.41. The van der Waals surface area contributed by atoms with Crippen LogP contribution in [0.5, 0.6) is 0 Å². The Morgan fingerprint density at radius 3 is 3.20 bits per heavy atom. The lowest BCUT2D eigenvalue weighted by Crippen LogP contribution is -2.54. The first kappa shape index (κ1) is 10.5.